The first-order valence-electron chi connectivity index (χ1n) is 9.66. The molecule has 1 aliphatic heterocycles. The van der Waals surface area contributed by atoms with Crippen molar-refractivity contribution in [2.24, 2.45) is 5.92 Å². The number of hydrogen-bond acceptors (Lipinski definition) is 6. The van der Waals surface area contributed by atoms with E-state index in [0.717, 1.165) is 42.4 Å². The number of pyridine rings is 1. The Kier molecular flexibility index (Phi) is 5.37. The third-order valence-corrected chi connectivity index (χ3v) is 7.83. The Hall–Kier alpha value is -2.02. The number of rotatable bonds is 4. The van der Waals surface area contributed by atoms with E-state index < -0.39 is 21.9 Å². The van der Waals surface area contributed by atoms with Crippen LogP contribution in [0.25, 0.3) is 5.69 Å². The highest BCUT2D eigenvalue weighted by Crippen LogP contribution is 2.35. The van der Waals surface area contributed by atoms with E-state index in [1.807, 2.05) is 6.92 Å². The quantitative estimate of drug-likeness (QED) is 0.749. The molecule has 0 aromatic carbocycles. The van der Waals surface area contributed by atoms with E-state index in [9.17, 15) is 21.6 Å². The highest BCUT2D eigenvalue weighted by Gasteiger charge is 2.45. The zero-order chi connectivity index (χ0) is 21.7. The summed E-state index contributed by atoms with van der Waals surface area (Å²) in [5.41, 5.74) is 5.45. The molecule has 4 unspecified atom stereocenters. The molecule has 0 spiro atoms. The minimum absolute atomic E-state index is 0.0657. The molecule has 2 aromatic heterocycles. The molecular weight excluding hydrogens is 421 g/mol. The molecule has 0 radical (unpaired) electrons. The predicted octanol–water partition coefficient (Wildman–Crippen LogP) is 1.94. The van der Waals surface area contributed by atoms with E-state index in [0.29, 0.717) is 0 Å². The number of sulfonamides is 1. The number of aromatic nitrogens is 3. The number of halogens is 3. The van der Waals surface area contributed by atoms with Crippen molar-refractivity contribution in [3.63, 3.8) is 0 Å². The topological polar surface area (TPSA) is 92.1 Å². The number of fused-ring (bicyclic) bond motifs is 1. The van der Waals surface area contributed by atoms with Crippen molar-refractivity contribution >= 4 is 10.0 Å². The van der Waals surface area contributed by atoms with Crippen molar-refractivity contribution in [3.8, 4) is 5.69 Å². The number of nitrogens with zero attached hydrogens (tertiary/aromatic N) is 4. The van der Waals surface area contributed by atoms with Crippen LogP contribution in [-0.2, 0) is 16.2 Å². The first kappa shape index (κ1) is 21.2. The SMILES string of the molecule is CC1NNC2CCCC(N(C)S(=O)(=O)c3cnn(-c4ccnc(C(F)(F)F)c4)c3)C12. The Balaban J connectivity index is 1.61. The van der Waals surface area contributed by atoms with E-state index in [4.69, 9.17) is 0 Å². The highest BCUT2D eigenvalue weighted by atomic mass is 32.2. The van der Waals surface area contributed by atoms with Crippen LogP contribution in [0.1, 0.15) is 31.9 Å². The molecule has 4 rings (SSSR count). The molecule has 12 heteroatoms. The van der Waals surface area contributed by atoms with Crippen LogP contribution in [0.3, 0.4) is 0 Å². The number of alkyl halides is 3. The molecule has 3 heterocycles. The van der Waals surface area contributed by atoms with Gasteiger partial charge in [0.05, 0.1) is 18.1 Å². The molecule has 0 amide bonds. The fourth-order valence-electron chi connectivity index (χ4n) is 4.45. The maximum absolute atomic E-state index is 13.2. The lowest BCUT2D eigenvalue weighted by Gasteiger charge is -2.39. The smallest absolute Gasteiger partial charge is 0.254 e. The van der Waals surface area contributed by atoms with E-state index in [2.05, 4.69) is 20.9 Å². The average Bonchev–Trinajstić information content (AvgIpc) is 3.35. The standard InChI is InChI=1S/C18H23F3N6O2S/c1-11-17-14(25-24-11)4-3-5-15(17)26(2)30(28,29)13-9-23-27(10-13)12-6-7-22-16(8-12)18(19,20)21/h6-11,14-15,17,24-25H,3-5H2,1-2H3. The van der Waals surface area contributed by atoms with Crippen LogP contribution in [0.5, 0.6) is 0 Å². The maximum atomic E-state index is 13.2. The Labute approximate surface area is 172 Å². The summed E-state index contributed by atoms with van der Waals surface area (Å²) in [4.78, 5) is 3.25. The van der Waals surface area contributed by atoms with Crippen molar-refractivity contribution in [2.75, 3.05) is 7.05 Å². The number of nitrogens with one attached hydrogen (secondary N) is 2. The number of hydrazine groups is 1. The molecule has 2 aromatic rings. The van der Waals surface area contributed by atoms with Crippen molar-refractivity contribution in [3.05, 3.63) is 36.4 Å². The first-order chi connectivity index (χ1) is 14.1. The first-order valence-corrected chi connectivity index (χ1v) is 11.1. The lowest BCUT2D eigenvalue weighted by molar-refractivity contribution is -0.141. The molecule has 1 saturated carbocycles. The van der Waals surface area contributed by atoms with Crippen molar-refractivity contribution in [1.29, 1.82) is 0 Å². The van der Waals surface area contributed by atoms with Crippen molar-refractivity contribution < 1.29 is 21.6 Å². The molecule has 1 aliphatic carbocycles. The molecular formula is C18H23F3N6O2S. The van der Waals surface area contributed by atoms with E-state index >= 15 is 0 Å². The monoisotopic (exact) mass is 444 g/mol. The summed E-state index contributed by atoms with van der Waals surface area (Å²) < 4.78 is 67.7. The predicted molar refractivity (Wildman–Crippen MR) is 102 cm³/mol. The van der Waals surface area contributed by atoms with Gasteiger partial charge in [0.2, 0.25) is 10.0 Å². The molecule has 2 fully saturated rings. The molecule has 0 bridgehead atoms. The Bertz CT molecular complexity index is 1020. The van der Waals surface area contributed by atoms with Gasteiger partial charge in [0.15, 0.2) is 0 Å². The van der Waals surface area contributed by atoms with Gasteiger partial charge >= 0.3 is 6.18 Å². The third kappa shape index (κ3) is 3.72. The maximum Gasteiger partial charge on any atom is 0.433 e. The molecule has 4 atom stereocenters. The summed E-state index contributed by atoms with van der Waals surface area (Å²) in [7, 11) is -2.32. The fraction of sp³-hybridized carbons (Fsp3) is 0.556. The normalized spacial score (nSPS) is 27.4. The van der Waals surface area contributed by atoms with Gasteiger partial charge in [0.25, 0.3) is 0 Å². The van der Waals surface area contributed by atoms with Crippen LogP contribution in [0.15, 0.2) is 35.6 Å². The second-order valence-electron chi connectivity index (χ2n) is 7.80. The third-order valence-electron chi connectivity index (χ3n) is 6.00. The van der Waals surface area contributed by atoms with Crippen LogP contribution in [0, 0.1) is 5.92 Å². The van der Waals surface area contributed by atoms with Crippen LogP contribution >= 0.6 is 0 Å². The highest BCUT2D eigenvalue weighted by molar-refractivity contribution is 7.89. The fourth-order valence-corrected chi connectivity index (χ4v) is 5.80. The Morgan fingerprint density at radius 3 is 2.77 bits per heavy atom. The summed E-state index contributed by atoms with van der Waals surface area (Å²) in [6.45, 7) is 2.02. The second kappa shape index (κ2) is 7.59. The molecule has 2 aliphatic rings. The Morgan fingerprint density at radius 2 is 2.03 bits per heavy atom. The van der Waals surface area contributed by atoms with Gasteiger partial charge in [-0.25, -0.2) is 13.1 Å². The van der Waals surface area contributed by atoms with E-state index in [-0.39, 0.29) is 34.6 Å². The van der Waals surface area contributed by atoms with Gasteiger partial charge in [-0.3, -0.25) is 15.8 Å². The van der Waals surface area contributed by atoms with Crippen LogP contribution in [-0.4, -0.2) is 52.7 Å². The molecule has 2 N–H and O–H groups in total. The van der Waals surface area contributed by atoms with Gasteiger partial charge in [-0.15, -0.1) is 0 Å². The van der Waals surface area contributed by atoms with Crippen LogP contribution in [0.4, 0.5) is 13.2 Å². The lowest BCUT2D eigenvalue weighted by Crippen LogP contribution is -2.50. The summed E-state index contributed by atoms with van der Waals surface area (Å²) >= 11 is 0. The van der Waals surface area contributed by atoms with Crippen LogP contribution < -0.4 is 10.9 Å². The van der Waals surface area contributed by atoms with Gasteiger partial charge in [-0.05, 0) is 31.9 Å². The molecule has 1 saturated heterocycles. The minimum Gasteiger partial charge on any atom is -0.254 e. The number of hydrogen-bond donors (Lipinski definition) is 2. The van der Waals surface area contributed by atoms with Gasteiger partial charge in [-0.2, -0.15) is 22.6 Å². The van der Waals surface area contributed by atoms with Gasteiger partial charge in [0, 0.05) is 37.3 Å². The zero-order valence-electron chi connectivity index (χ0n) is 16.5. The molecule has 8 nitrogen and oxygen atoms in total. The minimum atomic E-state index is -4.60. The average molecular weight is 444 g/mol. The van der Waals surface area contributed by atoms with Crippen LogP contribution in [0.2, 0.25) is 0 Å². The summed E-state index contributed by atoms with van der Waals surface area (Å²) in [6, 6.07) is 2.31. The summed E-state index contributed by atoms with van der Waals surface area (Å²) in [5, 5.41) is 3.98. The molecule has 164 valence electrons. The van der Waals surface area contributed by atoms with Crippen molar-refractivity contribution in [1.82, 2.24) is 29.9 Å². The summed E-state index contributed by atoms with van der Waals surface area (Å²) in [5.74, 6) is 0.128. The largest absolute Gasteiger partial charge is 0.433 e. The van der Waals surface area contributed by atoms with Gasteiger partial charge < -0.3 is 0 Å². The van der Waals surface area contributed by atoms with Gasteiger partial charge in [0.1, 0.15) is 10.6 Å². The van der Waals surface area contributed by atoms with Crippen molar-refractivity contribution in [2.45, 2.75) is 55.4 Å². The van der Waals surface area contributed by atoms with E-state index in [1.54, 1.807) is 7.05 Å². The Morgan fingerprint density at radius 1 is 1.27 bits per heavy atom. The lowest BCUT2D eigenvalue weighted by atomic mass is 9.78. The second-order valence-corrected chi connectivity index (χ2v) is 9.80. The summed E-state index contributed by atoms with van der Waals surface area (Å²) in [6.07, 6.45) is 1.44. The van der Waals surface area contributed by atoms with Gasteiger partial charge in [-0.1, -0.05) is 6.42 Å². The van der Waals surface area contributed by atoms with E-state index in [1.165, 1.54) is 16.6 Å². The zero-order valence-corrected chi connectivity index (χ0v) is 17.3. The molecule has 30 heavy (non-hydrogen) atoms.